The molecule has 0 aliphatic rings. The highest BCUT2D eigenvalue weighted by Gasteiger charge is 2.25. The van der Waals surface area contributed by atoms with Crippen molar-refractivity contribution in [2.75, 3.05) is 6.54 Å². The first-order chi connectivity index (χ1) is 9.49. The summed E-state index contributed by atoms with van der Waals surface area (Å²) in [7, 11) is 0. The Morgan fingerprint density at radius 3 is 2.75 bits per heavy atom. The molecule has 1 aromatic rings. The smallest absolute Gasteiger partial charge is 0.220 e. The molecule has 20 heavy (non-hydrogen) atoms. The standard InChI is InChI=1S/C15H27N3OS/c1-4-5-12(8-9-16)6-7-13(19)18-15(2,3)14-17-10-11-20-14/h10-12H,4-9,16H2,1-3H3,(H,18,19). The van der Waals surface area contributed by atoms with E-state index in [1.54, 1.807) is 17.5 Å². The number of nitrogens with zero attached hydrogens (tertiary/aromatic N) is 1. The highest BCUT2D eigenvalue weighted by Crippen LogP contribution is 2.23. The van der Waals surface area contributed by atoms with E-state index < -0.39 is 0 Å². The molecule has 0 radical (unpaired) electrons. The van der Waals surface area contributed by atoms with Gasteiger partial charge < -0.3 is 11.1 Å². The molecule has 0 bridgehead atoms. The molecule has 5 heteroatoms. The number of amides is 1. The number of aromatic nitrogens is 1. The van der Waals surface area contributed by atoms with Gasteiger partial charge in [-0.3, -0.25) is 4.79 Å². The van der Waals surface area contributed by atoms with Crippen molar-refractivity contribution in [1.29, 1.82) is 0 Å². The van der Waals surface area contributed by atoms with Crippen LogP contribution in [0.5, 0.6) is 0 Å². The summed E-state index contributed by atoms with van der Waals surface area (Å²) in [5.41, 5.74) is 5.24. The summed E-state index contributed by atoms with van der Waals surface area (Å²) in [6, 6.07) is 0. The Morgan fingerprint density at radius 2 is 2.20 bits per heavy atom. The predicted octanol–water partition coefficient (Wildman–Crippen LogP) is 3.04. The Labute approximate surface area is 126 Å². The van der Waals surface area contributed by atoms with Gasteiger partial charge in [-0.1, -0.05) is 19.8 Å². The molecule has 4 nitrogen and oxygen atoms in total. The molecule has 1 unspecified atom stereocenters. The number of hydrogen-bond donors (Lipinski definition) is 2. The van der Waals surface area contributed by atoms with Crippen molar-refractivity contribution in [2.45, 2.75) is 58.4 Å². The minimum Gasteiger partial charge on any atom is -0.345 e. The summed E-state index contributed by atoms with van der Waals surface area (Å²) < 4.78 is 0. The van der Waals surface area contributed by atoms with Gasteiger partial charge >= 0.3 is 0 Å². The van der Waals surface area contributed by atoms with Crippen LogP contribution in [0.4, 0.5) is 0 Å². The number of nitrogens with two attached hydrogens (primary N) is 1. The van der Waals surface area contributed by atoms with Crippen molar-refractivity contribution >= 4 is 17.2 Å². The molecule has 1 aromatic heterocycles. The van der Waals surface area contributed by atoms with Crippen LogP contribution in [0.25, 0.3) is 0 Å². The summed E-state index contributed by atoms with van der Waals surface area (Å²) in [5, 5.41) is 5.95. The number of rotatable bonds is 9. The topological polar surface area (TPSA) is 68.0 Å². The van der Waals surface area contributed by atoms with Gasteiger partial charge in [-0.25, -0.2) is 4.98 Å². The van der Waals surface area contributed by atoms with Gasteiger partial charge in [0.25, 0.3) is 0 Å². The largest absolute Gasteiger partial charge is 0.345 e. The fourth-order valence-electron chi connectivity index (χ4n) is 2.41. The zero-order chi connectivity index (χ0) is 15.0. The summed E-state index contributed by atoms with van der Waals surface area (Å²) >= 11 is 1.57. The van der Waals surface area contributed by atoms with Crippen LogP contribution < -0.4 is 11.1 Å². The fraction of sp³-hybridized carbons (Fsp3) is 0.733. The van der Waals surface area contributed by atoms with Gasteiger partial charge in [-0.05, 0) is 39.2 Å². The van der Waals surface area contributed by atoms with E-state index in [-0.39, 0.29) is 11.4 Å². The van der Waals surface area contributed by atoms with Crippen LogP contribution >= 0.6 is 11.3 Å². The lowest BCUT2D eigenvalue weighted by Crippen LogP contribution is -2.41. The molecular formula is C15H27N3OS. The van der Waals surface area contributed by atoms with Crippen LogP contribution in [0.15, 0.2) is 11.6 Å². The number of carbonyl (C=O) groups excluding carboxylic acids is 1. The molecule has 0 aliphatic heterocycles. The molecule has 1 atom stereocenters. The van der Waals surface area contributed by atoms with Gasteiger partial charge in [0.2, 0.25) is 5.91 Å². The van der Waals surface area contributed by atoms with Crippen LogP contribution in [0.2, 0.25) is 0 Å². The van der Waals surface area contributed by atoms with Crippen LogP contribution in [-0.4, -0.2) is 17.4 Å². The second-order valence-electron chi connectivity index (χ2n) is 5.78. The van der Waals surface area contributed by atoms with Gasteiger partial charge in [0, 0.05) is 18.0 Å². The third-order valence-electron chi connectivity index (χ3n) is 3.47. The Balaban J connectivity index is 2.43. The molecule has 0 saturated heterocycles. The molecule has 0 aliphatic carbocycles. The average molecular weight is 297 g/mol. The van der Waals surface area contributed by atoms with Gasteiger partial charge in [-0.15, -0.1) is 11.3 Å². The number of thiazole rings is 1. The van der Waals surface area contributed by atoms with Gasteiger partial charge in [0.1, 0.15) is 5.01 Å². The van der Waals surface area contributed by atoms with Crippen molar-refractivity contribution in [3.8, 4) is 0 Å². The van der Waals surface area contributed by atoms with E-state index >= 15 is 0 Å². The van der Waals surface area contributed by atoms with Crippen LogP contribution in [-0.2, 0) is 10.3 Å². The maximum Gasteiger partial charge on any atom is 0.220 e. The van der Waals surface area contributed by atoms with Gasteiger partial charge in [0.15, 0.2) is 0 Å². The van der Waals surface area contributed by atoms with Crippen LogP contribution in [0, 0.1) is 5.92 Å². The highest BCUT2D eigenvalue weighted by atomic mass is 32.1. The zero-order valence-electron chi connectivity index (χ0n) is 12.8. The predicted molar refractivity (Wildman–Crippen MR) is 84.6 cm³/mol. The number of nitrogens with one attached hydrogen (secondary N) is 1. The lowest BCUT2D eigenvalue weighted by Gasteiger charge is -2.24. The van der Waals surface area contributed by atoms with Gasteiger partial charge in [0.05, 0.1) is 5.54 Å². The van der Waals surface area contributed by atoms with E-state index in [1.165, 1.54) is 0 Å². The van der Waals surface area contributed by atoms with Crippen molar-refractivity contribution in [2.24, 2.45) is 11.7 Å². The first kappa shape index (κ1) is 17.1. The van der Waals surface area contributed by atoms with E-state index in [0.29, 0.717) is 18.9 Å². The normalized spacial score (nSPS) is 13.2. The molecule has 114 valence electrons. The van der Waals surface area contributed by atoms with Crippen molar-refractivity contribution in [3.63, 3.8) is 0 Å². The lowest BCUT2D eigenvalue weighted by molar-refractivity contribution is -0.123. The molecule has 1 rings (SSSR count). The Morgan fingerprint density at radius 1 is 1.45 bits per heavy atom. The molecule has 0 aromatic carbocycles. The van der Waals surface area contributed by atoms with E-state index in [4.69, 9.17) is 5.73 Å². The van der Waals surface area contributed by atoms with E-state index in [2.05, 4.69) is 17.2 Å². The molecule has 1 amide bonds. The molecule has 0 spiro atoms. The highest BCUT2D eigenvalue weighted by molar-refractivity contribution is 7.09. The van der Waals surface area contributed by atoms with Crippen LogP contribution in [0.3, 0.4) is 0 Å². The minimum absolute atomic E-state index is 0.100. The molecule has 1 heterocycles. The molecule has 0 fully saturated rings. The van der Waals surface area contributed by atoms with E-state index in [9.17, 15) is 4.79 Å². The van der Waals surface area contributed by atoms with Crippen LogP contribution in [0.1, 0.15) is 57.9 Å². The first-order valence-corrected chi connectivity index (χ1v) is 8.28. The third kappa shape index (κ3) is 5.59. The Bertz CT molecular complexity index is 384. The van der Waals surface area contributed by atoms with Gasteiger partial charge in [-0.2, -0.15) is 0 Å². The number of hydrogen-bond acceptors (Lipinski definition) is 4. The zero-order valence-corrected chi connectivity index (χ0v) is 13.6. The Hall–Kier alpha value is -0.940. The SMILES string of the molecule is CCCC(CCN)CCC(=O)NC(C)(C)c1nccs1. The maximum absolute atomic E-state index is 12.1. The second kappa shape index (κ2) is 8.37. The maximum atomic E-state index is 12.1. The molecule has 0 saturated carbocycles. The average Bonchev–Trinajstić information content (AvgIpc) is 2.90. The van der Waals surface area contributed by atoms with E-state index in [1.807, 2.05) is 19.2 Å². The summed E-state index contributed by atoms with van der Waals surface area (Å²) in [5.74, 6) is 0.669. The fourth-order valence-corrected chi connectivity index (χ4v) is 3.13. The van der Waals surface area contributed by atoms with Crippen molar-refractivity contribution < 1.29 is 4.79 Å². The second-order valence-corrected chi connectivity index (χ2v) is 6.68. The van der Waals surface area contributed by atoms with E-state index in [0.717, 1.165) is 30.7 Å². The quantitative estimate of drug-likeness (QED) is 0.736. The summed E-state index contributed by atoms with van der Waals surface area (Å²) in [6.07, 6.45) is 6.57. The van der Waals surface area contributed by atoms with Crippen molar-refractivity contribution in [3.05, 3.63) is 16.6 Å². The Kier molecular flexibility index (Phi) is 7.16. The lowest BCUT2D eigenvalue weighted by atomic mass is 9.94. The molecular weight excluding hydrogens is 270 g/mol. The molecule has 3 N–H and O–H groups in total. The number of carbonyl (C=O) groups is 1. The third-order valence-corrected chi connectivity index (χ3v) is 4.57. The monoisotopic (exact) mass is 297 g/mol. The first-order valence-electron chi connectivity index (χ1n) is 7.40. The summed E-state index contributed by atoms with van der Waals surface area (Å²) in [4.78, 5) is 16.4. The summed E-state index contributed by atoms with van der Waals surface area (Å²) in [6.45, 7) is 6.87. The minimum atomic E-state index is -0.390. The van der Waals surface area contributed by atoms with Crippen molar-refractivity contribution in [1.82, 2.24) is 10.3 Å².